The summed E-state index contributed by atoms with van der Waals surface area (Å²) >= 11 is 10.6. The molecule has 0 aliphatic carbocycles. The molecule has 0 unspecified atom stereocenters. The van der Waals surface area contributed by atoms with Crippen molar-refractivity contribution in [2.75, 3.05) is 0 Å². The van der Waals surface area contributed by atoms with E-state index in [1.165, 1.54) is 0 Å². The minimum absolute atomic E-state index is 0.463. The Hall–Kier alpha value is 0.0200. The lowest BCUT2D eigenvalue weighted by atomic mass is 10.3. The second-order valence-corrected chi connectivity index (χ2v) is 5.41. The van der Waals surface area contributed by atoms with Gasteiger partial charge in [-0.25, -0.2) is 13.2 Å². The van der Waals surface area contributed by atoms with Gasteiger partial charge in [0.1, 0.15) is 24.1 Å². The van der Waals surface area contributed by atoms with Crippen LogP contribution >= 0.6 is 29.1 Å². The number of hydrogen-bond donors (Lipinski definition) is 0. The van der Waals surface area contributed by atoms with E-state index in [4.69, 9.17) is 22.5 Å². The highest BCUT2D eigenvalue weighted by molar-refractivity contribution is 8.08. The zero-order valence-corrected chi connectivity index (χ0v) is 7.90. The lowest BCUT2D eigenvalue weighted by Gasteiger charge is -2.03. The summed E-state index contributed by atoms with van der Waals surface area (Å²) in [6.45, 7) is -1.92. The molecule has 12 heavy (non-hydrogen) atoms. The SMILES string of the molecule is Fc1cc(F)c(P(Cl)Cl)c(F)c1. The van der Waals surface area contributed by atoms with Gasteiger partial charge in [-0.3, -0.25) is 0 Å². The molecule has 0 saturated heterocycles. The molecule has 0 bridgehead atoms. The van der Waals surface area contributed by atoms with Gasteiger partial charge >= 0.3 is 0 Å². The molecule has 6 heteroatoms. The fourth-order valence-corrected chi connectivity index (χ4v) is 2.12. The van der Waals surface area contributed by atoms with Crippen molar-refractivity contribution in [1.82, 2.24) is 0 Å². The fraction of sp³-hybridized carbons (Fsp3) is 0. The van der Waals surface area contributed by atoms with Crippen molar-refractivity contribution in [3.05, 3.63) is 29.6 Å². The van der Waals surface area contributed by atoms with Gasteiger partial charge in [0.05, 0.1) is 5.30 Å². The average molecular weight is 233 g/mol. The van der Waals surface area contributed by atoms with Gasteiger partial charge in [0.15, 0.2) is 0 Å². The molecule has 0 atom stereocenters. The van der Waals surface area contributed by atoms with Crippen LogP contribution in [0.2, 0.25) is 0 Å². The van der Waals surface area contributed by atoms with Gasteiger partial charge in [0.25, 0.3) is 0 Å². The lowest BCUT2D eigenvalue weighted by molar-refractivity contribution is 0.554. The maximum absolute atomic E-state index is 12.7. The van der Waals surface area contributed by atoms with Crippen LogP contribution in [0.15, 0.2) is 12.1 Å². The van der Waals surface area contributed by atoms with Gasteiger partial charge in [-0.05, 0) is 0 Å². The predicted molar refractivity (Wildman–Crippen MR) is 44.6 cm³/mol. The highest BCUT2D eigenvalue weighted by atomic mass is 35.9. The van der Waals surface area contributed by atoms with Crippen molar-refractivity contribution in [2.45, 2.75) is 0 Å². The summed E-state index contributed by atoms with van der Waals surface area (Å²) in [7, 11) is 0. The molecule has 0 radical (unpaired) electrons. The minimum atomic E-state index is -1.92. The quantitative estimate of drug-likeness (QED) is 0.651. The van der Waals surface area contributed by atoms with Crippen LogP contribution in [-0.2, 0) is 0 Å². The molecule has 0 nitrogen and oxygen atoms in total. The van der Waals surface area contributed by atoms with Gasteiger partial charge in [-0.15, -0.1) is 0 Å². The van der Waals surface area contributed by atoms with Crippen LogP contribution in [0.1, 0.15) is 0 Å². The maximum Gasteiger partial charge on any atom is 0.139 e. The number of benzene rings is 1. The third kappa shape index (κ3) is 2.03. The summed E-state index contributed by atoms with van der Waals surface area (Å²) in [5, 5.41) is -0.463. The summed E-state index contributed by atoms with van der Waals surface area (Å²) in [5.74, 6) is -3.09. The van der Waals surface area contributed by atoms with E-state index in [1.807, 2.05) is 0 Å². The van der Waals surface area contributed by atoms with E-state index >= 15 is 0 Å². The van der Waals surface area contributed by atoms with Gasteiger partial charge in [0.2, 0.25) is 0 Å². The van der Waals surface area contributed by atoms with E-state index in [9.17, 15) is 13.2 Å². The molecular weight excluding hydrogens is 231 g/mol. The van der Waals surface area contributed by atoms with Gasteiger partial charge in [-0.2, -0.15) is 0 Å². The first-order chi connectivity index (χ1) is 5.52. The summed E-state index contributed by atoms with van der Waals surface area (Å²) in [6, 6.07) is 1.08. The topological polar surface area (TPSA) is 0 Å². The van der Waals surface area contributed by atoms with Crippen LogP contribution in [0.3, 0.4) is 0 Å². The van der Waals surface area contributed by atoms with Crippen molar-refractivity contribution in [1.29, 1.82) is 0 Å². The Bertz CT molecular complexity index is 280. The lowest BCUT2D eigenvalue weighted by Crippen LogP contribution is -2.08. The number of hydrogen-bond acceptors (Lipinski definition) is 0. The third-order valence-electron chi connectivity index (χ3n) is 1.15. The first-order valence-electron chi connectivity index (χ1n) is 2.78. The van der Waals surface area contributed by atoms with Crippen molar-refractivity contribution in [3.8, 4) is 0 Å². The molecule has 0 fully saturated rings. The maximum atomic E-state index is 12.7. The van der Waals surface area contributed by atoms with E-state index in [0.29, 0.717) is 12.1 Å². The van der Waals surface area contributed by atoms with E-state index in [1.54, 1.807) is 0 Å². The number of rotatable bonds is 1. The second kappa shape index (κ2) is 3.82. The first kappa shape index (κ1) is 10.1. The molecule has 0 saturated carbocycles. The second-order valence-electron chi connectivity index (χ2n) is 1.95. The molecule has 0 heterocycles. The molecule has 0 aliphatic heterocycles. The van der Waals surface area contributed by atoms with Gasteiger partial charge < -0.3 is 0 Å². The van der Waals surface area contributed by atoms with E-state index in [0.717, 1.165) is 0 Å². The molecule has 0 N–H and O–H groups in total. The minimum Gasteiger partial charge on any atom is -0.207 e. The molecule has 1 aromatic carbocycles. The summed E-state index contributed by atoms with van der Waals surface area (Å²) < 4.78 is 37.8. The summed E-state index contributed by atoms with van der Waals surface area (Å²) in [6.07, 6.45) is 0. The van der Waals surface area contributed by atoms with E-state index in [2.05, 4.69) is 0 Å². The normalized spacial score (nSPS) is 10.8. The van der Waals surface area contributed by atoms with Crippen molar-refractivity contribution in [2.24, 2.45) is 0 Å². The Morgan fingerprint density at radius 2 is 1.42 bits per heavy atom. The molecule has 66 valence electrons. The van der Waals surface area contributed by atoms with Crippen LogP contribution in [-0.4, -0.2) is 0 Å². The Morgan fingerprint density at radius 3 is 1.75 bits per heavy atom. The number of halogens is 5. The van der Waals surface area contributed by atoms with Crippen molar-refractivity contribution < 1.29 is 13.2 Å². The Balaban J connectivity index is 3.28. The summed E-state index contributed by atoms with van der Waals surface area (Å²) in [4.78, 5) is 0. The molecule has 0 spiro atoms. The Labute approximate surface area is 77.6 Å². The predicted octanol–water partition coefficient (Wildman–Crippen LogP) is 3.52. The zero-order valence-electron chi connectivity index (χ0n) is 5.49. The molecule has 0 aromatic heterocycles. The summed E-state index contributed by atoms with van der Waals surface area (Å²) in [5.41, 5.74) is 0. The van der Waals surface area contributed by atoms with Crippen molar-refractivity contribution >= 4 is 34.4 Å². The Morgan fingerprint density at radius 1 is 1.00 bits per heavy atom. The monoisotopic (exact) mass is 232 g/mol. The highest BCUT2D eigenvalue weighted by Crippen LogP contribution is 2.46. The van der Waals surface area contributed by atoms with Gasteiger partial charge in [-0.1, -0.05) is 22.5 Å². The van der Waals surface area contributed by atoms with Crippen LogP contribution < -0.4 is 5.30 Å². The molecular formula is C6H2Cl2F3P. The third-order valence-corrected chi connectivity index (χ3v) is 2.93. The molecule has 1 aromatic rings. The van der Waals surface area contributed by atoms with Crippen LogP contribution in [0.25, 0.3) is 0 Å². The molecule has 0 amide bonds. The molecule has 0 aliphatic rings. The van der Waals surface area contributed by atoms with Crippen LogP contribution in [0.4, 0.5) is 13.2 Å². The highest BCUT2D eigenvalue weighted by Gasteiger charge is 2.17. The largest absolute Gasteiger partial charge is 0.207 e. The zero-order chi connectivity index (χ0) is 9.30. The Kier molecular flexibility index (Phi) is 3.22. The van der Waals surface area contributed by atoms with Gasteiger partial charge in [0, 0.05) is 12.1 Å². The van der Waals surface area contributed by atoms with E-state index < -0.39 is 29.4 Å². The standard InChI is InChI=1S/C6H2Cl2F3P/c7-12(8)6-4(10)1-3(9)2-5(6)11/h1-2H. The fourth-order valence-electron chi connectivity index (χ4n) is 0.696. The van der Waals surface area contributed by atoms with Crippen LogP contribution in [0, 0.1) is 17.5 Å². The first-order valence-corrected chi connectivity index (χ1v) is 5.94. The van der Waals surface area contributed by atoms with E-state index in [-0.39, 0.29) is 0 Å². The molecule has 1 rings (SSSR count). The van der Waals surface area contributed by atoms with Crippen LogP contribution in [0.5, 0.6) is 0 Å². The average Bonchev–Trinajstić information content (AvgIpc) is 1.82. The smallest absolute Gasteiger partial charge is 0.139 e. The van der Waals surface area contributed by atoms with Crippen molar-refractivity contribution in [3.63, 3.8) is 0 Å².